The number of pyridine rings is 1. The minimum absolute atomic E-state index is 0.0447. The number of fused-ring (bicyclic) bond motifs is 1. The van der Waals surface area contributed by atoms with Crippen molar-refractivity contribution in [3.63, 3.8) is 0 Å². The molecule has 3 aliphatic heterocycles. The van der Waals surface area contributed by atoms with Crippen LogP contribution in [-0.4, -0.2) is 71.8 Å². The number of hydrogen-bond donors (Lipinski definition) is 0. The molecule has 6 heterocycles. The number of carbonyl (C=O) groups is 1. The van der Waals surface area contributed by atoms with Gasteiger partial charge in [-0.2, -0.15) is 10.4 Å². The van der Waals surface area contributed by atoms with E-state index in [1.165, 1.54) is 28.2 Å². The number of amides is 1. The Kier molecular flexibility index (Phi) is 6.48. The fraction of sp³-hybridized carbons (Fsp3) is 0.438. The van der Waals surface area contributed by atoms with E-state index < -0.39 is 0 Å². The fourth-order valence-corrected chi connectivity index (χ4v) is 7.58. The molecule has 0 radical (unpaired) electrons. The molecule has 4 aromatic rings. The summed E-state index contributed by atoms with van der Waals surface area (Å²) in [5.41, 5.74) is 8.44. The summed E-state index contributed by atoms with van der Waals surface area (Å²) < 4.78 is 7.41. The van der Waals surface area contributed by atoms with Crippen molar-refractivity contribution in [1.29, 1.82) is 5.26 Å². The standard InChI is InChI=1S/C32H35N7O2S/c1-5-24-29(36(4)31-34-28(27(13-33)42-31)22-8-6-20(2)7-9-22)26-12-25(21(3)14-39(26)35-24)37-16-32(17-37)18-38(19-32)30(40)23-10-11-41-15-23/h6-9,12,14,23H,5,10-11,15-19H2,1-4H3/t23-/m0/s1. The van der Waals surface area contributed by atoms with Crippen LogP contribution in [0.5, 0.6) is 0 Å². The van der Waals surface area contributed by atoms with Gasteiger partial charge < -0.3 is 19.4 Å². The quantitative estimate of drug-likeness (QED) is 0.318. The zero-order valence-corrected chi connectivity index (χ0v) is 25.4. The van der Waals surface area contributed by atoms with E-state index in [-0.39, 0.29) is 17.2 Å². The second-order valence-corrected chi connectivity index (χ2v) is 13.1. The van der Waals surface area contributed by atoms with Gasteiger partial charge in [-0.25, -0.2) is 9.50 Å². The van der Waals surface area contributed by atoms with Crippen molar-refractivity contribution >= 4 is 39.3 Å². The Balaban J connectivity index is 1.15. The predicted molar refractivity (Wildman–Crippen MR) is 165 cm³/mol. The summed E-state index contributed by atoms with van der Waals surface area (Å²) >= 11 is 1.41. The molecule has 1 spiro atoms. The van der Waals surface area contributed by atoms with Gasteiger partial charge in [-0.15, -0.1) is 0 Å². The molecule has 0 bridgehead atoms. The third-order valence-corrected chi connectivity index (χ3v) is 10.1. The molecule has 9 nitrogen and oxygen atoms in total. The molecular formula is C32H35N7O2S. The highest BCUT2D eigenvalue weighted by Crippen LogP contribution is 2.45. The number of ether oxygens (including phenoxy) is 1. The third-order valence-electron chi connectivity index (χ3n) is 9.02. The minimum atomic E-state index is 0.0447. The monoisotopic (exact) mass is 581 g/mol. The van der Waals surface area contributed by atoms with E-state index in [2.05, 4.69) is 48.9 Å². The van der Waals surface area contributed by atoms with Gasteiger partial charge in [-0.1, -0.05) is 48.1 Å². The van der Waals surface area contributed by atoms with Gasteiger partial charge in [0, 0.05) is 62.7 Å². The summed E-state index contributed by atoms with van der Waals surface area (Å²) in [5, 5.41) is 15.6. The van der Waals surface area contributed by atoms with Crippen molar-refractivity contribution in [2.24, 2.45) is 11.3 Å². The van der Waals surface area contributed by atoms with Crippen LogP contribution in [0.1, 0.15) is 35.0 Å². The molecule has 216 valence electrons. The van der Waals surface area contributed by atoms with Crippen LogP contribution in [0, 0.1) is 36.5 Å². The number of anilines is 3. The van der Waals surface area contributed by atoms with E-state index in [1.807, 2.05) is 40.7 Å². The Morgan fingerprint density at radius 3 is 2.64 bits per heavy atom. The molecule has 0 N–H and O–H groups in total. The Morgan fingerprint density at radius 2 is 1.98 bits per heavy atom. The number of rotatable bonds is 6. The normalized spacial score (nSPS) is 19.2. The first-order valence-electron chi connectivity index (χ1n) is 14.6. The van der Waals surface area contributed by atoms with E-state index in [0.29, 0.717) is 18.1 Å². The SMILES string of the molecule is CCc1nn2cc(C)c(N3CC4(CN(C(=O)[C@H]5CCOC5)C4)C3)cc2c1N(C)c1nc(-c2ccc(C)cc2)c(C#N)s1. The Morgan fingerprint density at radius 1 is 1.21 bits per heavy atom. The van der Waals surface area contributed by atoms with Crippen molar-refractivity contribution in [2.75, 3.05) is 56.2 Å². The summed E-state index contributed by atoms with van der Waals surface area (Å²) in [6.07, 6.45) is 3.74. The van der Waals surface area contributed by atoms with Crippen LogP contribution in [0.3, 0.4) is 0 Å². The van der Waals surface area contributed by atoms with Gasteiger partial charge in [0.2, 0.25) is 5.91 Å². The first kappa shape index (κ1) is 26.9. The lowest BCUT2D eigenvalue weighted by atomic mass is 9.72. The van der Waals surface area contributed by atoms with Crippen LogP contribution in [0.2, 0.25) is 0 Å². The molecule has 3 saturated heterocycles. The second kappa shape index (κ2) is 10.1. The van der Waals surface area contributed by atoms with Gasteiger partial charge in [0.1, 0.15) is 16.6 Å². The second-order valence-electron chi connectivity index (χ2n) is 12.1. The number of aryl methyl sites for hydroxylation is 3. The number of aromatic nitrogens is 3. The minimum Gasteiger partial charge on any atom is -0.381 e. The summed E-state index contributed by atoms with van der Waals surface area (Å²) in [6.45, 7) is 11.2. The first-order chi connectivity index (χ1) is 20.3. The molecule has 1 atom stereocenters. The summed E-state index contributed by atoms with van der Waals surface area (Å²) in [4.78, 5) is 24.9. The average molecular weight is 582 g/mol. The highest BCUT2D eigenvalue weighted by atomic mass is 32.1. The van der Waals surface area contributed by atoms with Crippen molar-refractivity contribution in [1.82, 2.24) is 19.5 Å². The van der Waals surface area contributed by atoms with Crippen LogP contribution in [0.25, 0.3) is 16.8 Å². The molecule has 42 heavy (non-hydrogen) atoms. The van der Waals surface area contributed by atoms with Gasteiger partial charge in [0.25, 0.3) is 0 Å². The topological polar surface area (TPSA) is 90.0 Å². The van der Waals surface area contributed by atoms with Crippen molar-refractivity contribution in [3.8, 4) is 17.3 Å². The molecule has 7 rings (SSSR count). The predicted octanol–water partition coefficient (Wildman–Crippen LogP) is 4.96. The van der Waals surface area contributed by atoms with E-state index in [9.17, 15) is 10.1 Å². The Hall–Kier alpha value is -3.94. The van der Waals surface area contributed by atoms with Crippen LogP contribution < -0.4 is 9.80 Å². The van der Waals surface area contributed by atoms with Gasteiger partial charge in [-0.3, -0.25) is 4.79 Å². The smallest absolute Gasteiger partial charge is 0.228 e. The maximum atomic E-state index is 12.8. The lowest BCUT2D eigenvalue weighted by Gasteiger charge is -2.61. The Bertz CT molecular complexity index is 1710. The molecule has 3 aromatic heterocycles. The number of nitriles is 1. The summed E-state index contributed by atoms with van der Waals surface area (Å²) in [5.74, 6) is 0.309. The van der Waals surface area contributed by atoms with Crippen LogP contribution in [-0.2, 0) is 16.0 Å². The Labute approximate surface area is 249 Å². The van der Waals surface area contributed by atoms with Crippen molar-refractivity contribution in [2.45, 2.75) is 33.6 Å². The lowest BCUT2D eigenvalue weighted by Crippen LogP contribution is -2.73. The maximum Gasteiger partial charge on any atom is 0.228 e. The van der Waals surface area contributed by atoms with Crippen molar-refractivity contribution < 1.29 is 9.53 Å². The zero-order valence-electron chi connectivity index (χ0n) is 24.6. The molecule has 10 heteroatoms. The molecule has 3 fully saturated rings. The van der Waals surface area contributed by atoms with Gasteiger partial charge >= 0.3 is 0 Å². The van der Waals surface area contributed by atoms with Crippen LogP contribution in [0.4, 0.5) is 16.5 Å². The number of carbonyl (C=O) groups excluding carboxylic acids is 1. The zero-order chi connectivity index (χ0) is 29.2. The van der Waals surface area contributed by atoms with E-state index in [4.69, 9.17) is 14.8 Å². The average Bonchev–Trinajstić information content (AvgIpc) is 3.70. The molecule has 0 saturated carbocycles. The fourth-order valence-electron chi connectivity index (χ4n) is 6.73. The number of thiazole rings is 1. The van der Waals surface area contributed by atoms with E-state index in [0.717, 1.165) is 72.3 Å². The molecule has 0 aliphatic carbocycles. The molecule has 0 unspecified atom stereocenters. The van der Waals surface area contributed by atoms with Crippen LogP contribution >= 0.6 is 11.3 Å². The highest BCUT2D eigenvalue weighted by Gasteiger charge is 2.54. The number of nitrogens with zero attached hydrogens (tertiary/aromatic N) is 7. The highest BCUT2D eigenvalue weighted by molar-refractivity contribution is 7.16. The van der Waals surface area contributed by atoms with Crippen LogP contribution in [0.15, 0.2) is 36.5 Å². The van der Waals surface area contributed by atoms with E-state index in [1.54, 1.807) is 0 Å². The molecular weight excluding hydrogens is 546 g/mol. The lowest BCUT2D eigenvalue weighted by molar-refractivity contribution is -0.149. The largest absolute Gasteiger partial charge is 0.381 e. The van der Waals surface area contributed by atoms with Gasteiger partial charge in [-0.05, 0) is 38.3 Å². The third kappa shape index (κ3) is 4.34. The number of hydrogen-bond acceptors (Lipinski definition) is 8. The van der Waals surface area contributed by atoms with Gasteiger partial charge in [0.15, 0.2) is 5.13 Å². The van der Waals surface area contributed by atoms with Gasteiger partial charge in [0.05, 0.1) is 29.4 Å². The van der Waals surface area contributed by atoms with E-state index >= 15 is 0 Å². The molecule has 1 amide bonds. The molecule has 1 aromatic carbocycles. The van der Waals surface area contributed by atoms with Crippen molar-refractivity contribution in [3.05, 3.63) is 58.2 Å². The first-order valence-corrected chi connectivity index (χ1v) is 15.5. The summed E-state index contributed by atoms with van der Waals surface area (Å²) in [7, 11) is 2.02. The summed E-state index contributed by atoms with van der Waals surface area (Å²) in [6, 6.07) is 12.8. The molecule has 3 aliphatic rings. The number of likely N-dealkylation sites (tertiary alicyclic amines) is 1. The number of benzene rings is 1. The maximum absolute atomic E-state index is 12.8.